The predicted molar refractivity (Wildman–Crippen MR) is 102 cm³/mol. The Morgan fingerprint density at radius 2 is 2.00 bits per heavy atom. The van der Waals surface area contributed by atoms with Crippen LogP contribution < -0.4 is 10.1 Å². The van der Waals surface area contributed by atoms with E-state index in [0.717, 1.165) is 25.4 Å². The highest BCUT2D eigenvalue weighted by atomic mass is 19.1. The molecule has 2 fully saturated rings. The largest absolute Gasteiger partial charge is 0.496 e. The van der Waals surface area contributed by atoms with Gasteiger partial charge in [0, 0.05) is 36.7 Å². The van der Waals surface area contributed by atoms with Crippen molar-refractivity contribution >= 4 is 0 Å². The quantitative estimate of drug-likeness (QED) is 0.902. The minimum absolute atomic E-state index is 0.166. The maximum atomic E-state index is 13.3. The number of likely N-dealkylation sites (tertiary alicyclic amines) is 1. The molecule has 0 amide bonds. The maximum absolute atomic E-state index is 13.3. The van der Waals surface area contributed by atoms with Gasteiger partial charge in [0.15, 0.2) is 0 Å². The maximum Gasteiger partial charge on any atom is 0.123 e. The van der Waals surface area contributed by atoms with Crippen LogP contribution in [0, 0.1) is 12.7 Å². The van der Waals surface area contributed by atoms with E-state index < -0.39 is 0 Å². The molecule has 0 bridgehead atoms. The molecule has 1 N–H and O–H groups in total. The average molecular weight is 354 g/mol. The van der Waals surface area contributed by atoms with E-state index in [4.69, 9.17) is 4.74 Å². The number of ether oxygens (including phenoxy) is 1. The molecule has 2 aromatic rings. The molecule has 0 radical (unpaired) electrons. The zero-order valence-corrected chi connectivity index (χ0v) is 15.5. The average Bonchev–Trinajstić information content (AvgIpc) is 3.09. The number of hydrogen-bond acceptors (Lipinski definition) is 3. The summed E-state index contributed by atoms with van der Waals surface area (Å²) in [5, 5.41) is 3.71. The molecule has 4 rings (SSSR count). The van der Waals surface area contributed by atoms with Gasteiger partial charge in [0.05, 0.1) is 7.11 Å². The molecule has 2 heterocycles. The molecule has 3 atom stereocenters. The number of piperidine rings is 1. The number of benzene rings is 2. The van der Waals surface area contributed by atoms with E-state index in [1.165, 1.54) is 29.5 Å². The highest BCUT2D eigenvalue weighted by Crippen LogP contribution is 2.36. The van der Waals surface area contributed by atoms with Crippen LogP contribution in [-0.4, -0.2) is 37.2 Å². The molecule has 0 saturated carbocycles. The smallest absolute Gasteiger partial charge is 0.123 e. The van der Waals surface area contributed by atoms with Gasteiger partial charge in [0.2, 0.25) is 0 Å². The summed E-state index contributed by atoms with van der Waals surface area (Å²) in [7, 11) is 1.75. The van der Waals surface area contributed by atoms with Crippen molar-refractivity contribution in [3.63, 3.8) is 0 Å². The van der Waals surface area contributed by atoms with Gasteiger partial charge in [-0.05, 0) is 55.6 Å². The first-order valence-corrected chi connectivity index (χ1v) is 9.52. The van der Waals surface area contributed by atoms with E-state index in [2.05, 4.69) is 35.3 Å². The first-order chi connectivity index (χ1) is 12.7. The Morgan fingerprint density at radius 3 is 2.77 bits per heavy atom. The molecule has 2 aliphatic rings. The third-order valence-corrected chi connectivity index (χ3v) is 5.92. The summed E-state index contributed by atoms with van der Waals surface area (Å²) in [6.07, 6.45) is 2.42. The second-order valence-electron chi connectivity index (χ2n) is 7.59. The van der Waals surface area contributed by atoms with E-state index in [1.807, 2.05) is 12.1 Å². The number of hydrogen-bond donors (Lipinski definition) is 1. The third-order valence-electron chi connectivity index (χ3n) is 5.92. The van der Waals surface area contributed by atoms with Crippen LogP contribution in [0.4, 0.5) is 4.39 Å². The van der Waals surface area contributed by atoms with Gasteiger partial charge in [-0.2, -0.15) is 0 Å². The van der Waals surface area contributed by atoms with Crippen LogP contribution in [0.25, 0.3) is 0 Å². The lowest BCUT2D eigenvalue weighted by Gasteiger charge is -2.40. The lowest BCUT2D eigenvalue weighted by molar-refractivity contribution is 0.119. The zero-order valence-electron chi connectivity index (χ0n) is 15.5. The second kappa shape index (κ2) is 7.37. The second-order valence-corrected chi connectivity index (χ2v) is 7.59. The fraction of sp³-hybridized carbons (Fsp3) is 0.455. The minimum Gasteiger partial charge on any atom is -0.496 e. The fourth-order valence-electron chi connectivity index (χ4n) is 4.66. The van der Waals surface area contributed by atoms with E-state index in [0.29, 0.717) is 18.0 Å². The molecule has 2 aromatic carbocycles. The van der Waals surface area contributed by atoms with Crippen LogP contribution in [-0.2, 0) is 6.54 Å². The number of fused-ring (bicyclic) bond motifs is 1. The molecular formula is C22H27FN2O. The number of rotatable bonds is 4. The van der Waals surface area contributed by atoms with Crippen molar-refractivity contribution in [1.29, 1.82) is 0 Å². The number of nitrogens with zero attached hydrogens (tertiary/aromatic N) is 1. The summed E-state index contributed by atoms with van der Waals surface area (Å²) in [6, 6.07) is 14.5. The van der Waals surface area contributed by atoms with Gasteiger partial charge in [-0.1, -0.05) is 24.3 Å². The van der Waals surface area contributed by atoms with Gasteiger partial charge in [-0.25, -0.2) is 4.39 Å². The van der Waals surface area contributed by atoms with Crippen molar-refractivity contribution in [3.8, 4) is 5.75 Å². The summed E-state index contributed by atoms with van der Waals surface area (Å²) < 4.78 is 19.0. The Morgan fingerprint density at radius 1 is 1.19 bits per heavy atom. The number of aryl methyl sites for hydroxylation is 1. The summed E-state index contributed by atoms with van der Waals surface area (Å²) in [4.78, 5) is 2.59. The van der Waals surface area contributed by atoms with Crippen LogP contribution in [0.2, 0.25) is 0 Å². The molecule has 0 spiro atoms. The topological polar surface area (TPSA) is 24.5 Å². The molecule has 4 heteroatoms. The van der Waals surface area contributed by atoms with Crippen LogP contribution in [0.5, 0.6) is 5.75 Å². The Balaban J connectivity index is 1.60. The summed E-state index contributed by atoms with van der Waals surface area (Å²) in [6.45, 7) is 5.04. The van der Waals surface area contributed by atoms with Gasteiger partial charge >= 0.3 is 0 Å². The van der Waals surface area contributed by atoms with E-state index >= 15 is 0 Å². The highest BCUT2D eigenvalue weighted by molar-refractivity contribution is 5.37. The van der Waals surface area contributed by atoms with Gasteiger partial charge in [-0.3, -0.25) is 4.90 Å². The molecule has 2 saturated heterocycles. The normalized spacial score (nSPS) is 25.9. The third kappa shape index (κ3) is 3.36. The number of methoxy groups -OCH3 is 1. The van der Waals surface area contributed by atoms with Gasteiger partial charge < -0.3 is 10.1 Å². The zero-order chi connectivity index (χ0) is 18.1. The Kier molecular flexibility index (Phi) is 4.96. The lowest BCUT2D eigenvalue weighted by atomic mass is 9.86. The molecular weight excluding hydrogens is 327 g/mol. The SMILES string of the molecule is COc1cc(C)ccc1CN1CCC[C@H]2NC[C@H](c3ccc(F)cc3)[C@H]21. The van der Waals surface area contributed by atoms with Crippen LogP contribution in [0.1, 0.15) is 35.4 Å². The van der Waals surface area contributed by atoms with Gasteiger partial charge in [0.25, 0.3) is 0 Å². The van der Waals surface area contributed by atoms with Crippen molar-refractivity contribution < 1.29 is 9.13 Å². The first kappa shape index (κ1) is 17.5. The molecule has 0 aromatic heterocycles. The molecule has 2 aliphatic heterocycles. The fourth-order valence-corrected chi connectivity index (χ4v) is 4.66. The minimum atomic E-state index is -0.166. The van der Waals surface area contributed by atoms with Crippen LogP contribution >= 0.6 is 0 Å². The Hall–Kier alpha value is -1.91. The highest BCUT2D eigenvalue weighted by Gasteiger charge is 2.42. The summed E-state index contributed by atoms with van der Waals surface area (Å²) in [5.41, 5.74) is 3.69. The van der Waals surface area contributed by atoms with Gasteiger partial charge in [-0.15, -0.1) is 0 Å². The summed E-state index contributed by atoms with van der Waals surface area (Å²) in [5.74, 6) is 1.20. The Bertz CT molecular complexity index is 761. The molecule has 0 aliphatic carbocycles. The Labute approximate surface area is 155 Å². The molecule has 3 nitrogen and oxygen atoms in total. The van der Waals surface area contributed by atoms with E-state index in [1.54, 1.807) is 19.2 Å². The van der Waals surface area contributed by atoms with Crippen LogP contribution in [0.15, 0.2) is 42.5 Å². The van der Waals surface area contributed by atoms with Crippen molar-refractivity contribution in [2.75, 3.05) is 20.2 Å². The van der Waals surface area contributed by atoms with Gasteiger partial charge in [0.1, 0.15) is 11.6 Å². The number of halogens is 1. The first-order valence-electron chi connectivity index (χ1n) is 9.52. The monoisotopic (exact) mass is 354 g/mol. The van der Waals surface area contributed by atoms with Crippen molar-refractivity contribution in [2.45, 2.75) is 44.3 Å². The van der Waals surface area contributed by atoms with Crippen molar-refractivity contribution in [2.24, 2.45) is 0 Å². The summed E-state index contributed by atoms with van der Waals surface area (Å²) >= 11 is 0. The number of nitrogens with one attached hydrogen (secondary N) is 1. The molecule has 0 unspecified atom stereocenters. The van der Waals surface area contributed by atoms with Crippen molar-refractivity contribution in [3.05, 3.63) is 65.0 Å². The van der Waals surface area contributed by atoms with E-state index in [9.17, 15) is 4.39 Å². The van der Waals surface area contributed by atoms with Crippen molar-refractivity contribution in [1.82, 2.24) is 10.2 Å². The standard InChI is InChI=1S/C22H27FN2O/c1-15-5-6-17(21(12-15)26-2)14-25-11-3-4-20-22(25)19(13-24-20)16-7-9-18(23)10-8-16/h5-10,12,19-20,22,24H,3-4,11,13-14H2,1-2H3/t19-,20-,22-/m1/s1. The lowest BCUT2D eigenvalue weighted by Crippen LogP contribution is -2.49. The predicted octanol–water partition coefficient (Wildman–Crippen LogP) is 3.86. The van der Waals surface area contributed by atoms with E-state index in [-0.39, 0.29) is 5.82 Å². The molecule has 138 valence electrons. The molecule has 26 heavy (non-hydrogen) atoms. The van der Waals surface area contributed by atoms with Crippen LogP contribution in [0.3, 0.4) is 0 Å².